The highest BCUT2D eigenvalue weighted by atomic mass is 79.9. The van der Waals surface area contributed by atoms with Crippen molar-refractivity contribution in [2.24, 2.45) is 0 Å². The number of halogens is 1. The topological polar surface area (TPSA) is 39.9 Å². The lowest BCUT2D eigenvalue weighted by atomic mass is 10.1. The zero-order chi connectivity index (χ0) is 16.9. The van der Waals surface area contributed by atoms with Crippen molar-refractivity contribution >= 4 is 27.6 Å². The lowest BCUT2D eigenvalue weighted by Crippen LogP contribution is -2.24. The molecule has 0 heterocycles. The number of nitrogens with zero attached hydrogens (tertiary/aromatic N) is 1. The zero-order valence-electron chi connectivity index (χ0n) is 13.7. The molecule has 0 atom stereocenters. The molecule has 0 unspecified atom stereocenters. The summed E-state index contributed by atoms with van der Waals surface area (Å²) in [6.07, 6.45) is 1.90. The number of benzene rings is 1. The number of ether oxygens (including phenoxy) is 2. The number of unbranched alkanes of at least 4 members (excludes halogenated alkanes) is 1. The fourth-order valence-corrected chi connectivity index (χ4v) is 2.59. The highest BCUT2D eigenvalue weighted by Gasteiger charge is 2.26. The Balaban J connectivity index is 3.31. The summed E-state index contributed by atoms with van der Waals surface area (Å²) in [4.78, 5) is 16.0. The molecule has 0 aromatic heterocycles. The van der Waals surface area contributed by atoms with Gasteiger partial charge in [0, 0.05) is 4.47 Å². The molecule has 0 saturated carbocycles. The maximum Gasteiger partial charge on any atom is 0.342 e. The van der Waals surface area contributed by atoms with Crippen LogP contribution in [0, 0.1) is 13.5 Å². The molecule has 1 rings (SSSR count). The van der Waals surface area contributed by atoms with E-state index in [1.54, 1.807) is 26.8 Å². The van der Waals surface area contributed by atoms with Crippen molar-refractivity contribution in [3.05, 3.63) is 33.1 Å². The lowest BCUT2D eigenvalue weighted by Gasteiger charge is -2.22. The normalized spacial score (nSPS) is 11.0. The summed E-state index contributed by atoms with van der Waals surface area (Å²) < 4.78 is 11.6. The summed E-state index contributed by atoms with van der Waals surface area (Å²) in [7, 11) is 0. The second-order valence-corrected chi connectivity index (χ2v) is 6.84. The van der Waals surface area contributed by atoms with Crippen LogP contribution in [-0.2, 0) is 4.74 Å². The fourth-order valence-electron chi connectivity index (χ4n) is 1.83. The van der Waals surface area contributed by atoms with Gasteiger partial charge >= 0.3 is 5.97 Å². The molecule has 0 N–H and O–H groups in total. The van der Waals surface area contributed by atoms with Crippen LogP contribution in [0.5, 0.6) is 5.75 Å². The number of rotatable bonds is 5. The molecule has 0 spiro atoms. The molecule has 1 aromatic rings. The van der Waals surface area contributed by atoms with E-state index in [4.69, 9.17) is 16.0 Å². The molecular formula is C17H22BrNO3. The monoisotopic (exact) mass is 367 g/mol. The highest BCUT2D eigenvalue weighted by molar-refractivity contribution is 9.10. The van der Waals surface area contributed by atoms with Crippen molar-refractivity contribution in [1.82, 2.24) is 0 Å². The second kappa shape index (κ2) is 7.64. The Morgan fingerprint density at radius 1 is 1.41 bits per heavy atom. The van der Waals surface area contributed by atoms with Crippen LogP contribution in [0.2, 0.25) is 0 Å². The minimum atomic E-state index is -0.611. The Morgan fingerprint density at radius 3 is 2.55 bits per heavy atom. The molecule has 0 saturated heterocycles. The van der Waals surface area contributed by atoms with Crippen molar-refractivity contribution in [2.45, 2.75) is 53.1 Å². The van der Waals surface area contributed by atoms with Crippen molar-refractivity contribution in [1.29, 1.82) is 0 Å². The number of aryl methyl sites for hydroxylation is 1. The first-order valence-corrected chi connectivity index (χ1v) is 8.07. The van der Waals surface area contributed by atoms with E-state index in [1.165, 1.54) is 0 Å². The van der Waals surface area contributed by atoms with Gasteiger partial charge < -0.3 is 9.47 Å². The van der Waals surface area contributed by atoms with Gasteiger partial charge in [0.25, 0.3) is 0 Å². The molecule has 1 aromatic carbocycles. The molecule has 5 heteroatoms. The third kappa shape index (κ3) is 4.74. The van der Waals surface area contributed by atoms with Gasteiger partial charge in [-0.15, -0.1) is 0 Å². The molecule has 0 aliphatic heterocycles. The van der Waals surface area contributed by atoms with E-state index in [1.807, 2.05) is 6.92 Å². The Kier molecular flexibility index (Phi) is 6.43. The summed E-state index contributed by atoms with van der Waals surface area (Å²) in [5, 5.41) is 0. The van der Waals surface area contributed by atoms with Gasteiger partial charge in [0.05, 0.1) is 13.2 Å². The minimum Gasteiger partial charge on any atom is -0.493 e. The Labute approximate surface area is 140 Å². The van der Waals surface area contributed by atoms with Crippen LogP contribution in [0.15, 0.2) is 10.5 Å². The van der Waals surface area contributed by atoms with Crippen LogP contribution >= 0.6 is 15.9 Å². The van der Waals surface area contributed by atoms with E-state index in [9.17, 15) is 4.79 Å². The fraction of sp³-hybridized carbons (Fsp3) is 0.529. The number of hydrogen-bond donors (Lipinski definition) is 0. The second-order valence-electron chi connectivity index (χ2n) is 6.04. The molecule has 0 aliphatic carbocycles. The number of esters is 1. The van der Waals surface area contributed by atoms with Gasteiger partial charge in [-0.3, -0.25) is 0 Å². The molecular weight excluding hydrogens is 346 g/mol. The third-order valence-electron chi connectivity index (χ3n) is 2.87. The maximum atomic E-state index is 12.5. The predicted octanol–water partition coefficient (Wildman–Crippen LogP) is 5.44. The first-order valence-electron chi connectivity index (χ1n) is 7.28. The van der Waals surface area contributed by atoms with E-state index in [-0.39, 0.29) is 5.56 Å². The van der Waals surface area contributed by atoms with Gasteiger partial charge in [-0.2, -0.15) is 0 Å². The first-order chi connectivity index (χ1) is 10.2. The molecule has 0 fully saturated rings. The van der Waals surface area contributed by atoms with E-state index < -0.39 is 11.6 Å². The third-order valence-corrected chi connectivity index (χ3v) is 3.64. The molecule has 22 heavy (non-hydrogen) atoms. The van der Waals surface area contributed by atoms with Crippen LogP contribution in [-0.4, -0.2) is 18.2 Å². The largest absolute Gasteiger partial charge is 0.493 e. The van der Waals surface area contributed by atoms with E-state index in [2.05, 4.69) is 27.7 Å². The molecule has 4 nitrogen and oxygen atoms in total. The summed E-state index contributed by atoms with van der Waals surface area (Å²) in [6, 6.07) is 1.73. The molecule has 0 amide bonds. The minimum absolute atomic E-state index is 0.280. The van der Waals surface area contributed by atoms with Crippen molar-refractivity contribution < 1.29 is 14.3 Å². The average Bonchev–Trinajstić information content (AvgIpc) is 2.36. The van der Waals surface area contributed by atoms with E-state index >= 15 is 0 Å². The Hall–Kier alpha value is -1.54. The quantitative estimate of drug-likeness (QED) is 0.395. The summed E-state index contributed by atoms with van der Waals surface area (Å²) >= 11 is 3.37. The first kappa shape index (κ1) is 18.5. The maximum absolute atomic E-state index is 12.5. The van der Waals surface area contributed by atoms with Gasteiger partial charge in [-0.25, -0.2) is 9.64 Å². The molecule has 120 valence electrons. The highest BCUT2D eigenvalue weighted by Crippen LogP contribution is 2.39. The number of carbonyl (C=O) groups is 1. The van der Waals surface area contributed by atoms with Crippen LogP contribution in [0.3, 0.4) is 0 Å². The Bertz CT molecular complexity index is 597. The number of carbonyl (C=O) groups excluding carboxylic acids is 1. The van der Waals surface area contributed by atoms with Gasteiger partial charge in [0.15, 0.2) is 0 Å². The SMILES string of the molecule is [C-]#[N+]c1c(C)cc(OCCCC)c(C(=O)OC(C)(C)C)c1Br. The van der Waals surface area contributed by atoms with Crippen LogP contribution in [0.25, 0.3) is 4.85 Å². The summed E-state index contributed by atoms with van der Waals surface area (Å²) in [5.74, 6) is -0.0322. The summed E-state index contributed by atoms with van der Waals surface area (Å²) in [6.45, 7) is 17.1. The summed E-state index contributed by atoms with van der Waals surface area (Å²) in [5.41, 5.74) is 0.840. The molecule has 0 bridgehead atoms. The van der Waals surface area contributed by atoms with Crippen LogP contribution < -0.4 is 4.74 Å². The van der Waals surface area contributed by atoms with Crippen molar-refractivity contribution in [3.8, 4) is 5.75 Å². The standard InChI is InChI=1S/C17H22BrNO3/c1-7-8-9-21-12-10-11(2)15(19-6)14(18)13(12)16(20)22-17(3,4)5/h10H,7-9H2,1-5H3. The van der Waals surface area contributed by atoms with Gasteiger partial charge in [-0.1, -0.05) is 29.3 Å². The molecule has 0 aliphatic rings. The van der Waals surface area contributed by atoms with Gasteiger partial charge in [0.2, 0.25) is 5.69 Å². The van der Waals surface area contributed by atoms with Gasteiger partial charge in [0.1, 0.15) is 16.9 Å². The lowest BCUT2D eigenvalue weighted by molar-refractivity contribution is 0.00648. The van der Waals surface area contributed by atoms with Crippen molar-refractivity contribution in [3.63, 3.8) is 0 Å². The average molecular weight is 368 g/mol. The van der Waals surface area contributed by atoms with Crippen molar-refractivity contribution in [2.75, 3.05) is 6.61 Å². The smallest absolute Gasteiger partial charge is 0.342 e. The molecule has 0 radical (unpaired) electrons. The number of hydrogen-bond acceptors (Lipinski definition) is 3. The Morgan fingerprint density at radius 2 is 2.05 bits per heavy atom. The van der Waals surface area contributed by atoms with E-state index in [0.29, 0.717) is 22.5 Å². The van der Waals surface area contributed by atoms with Crippen LogP contribution in [0.4, 0.5) is 5.69 Å². The predicted molar refractivity (Wildman–Crippen MR) is 90.7 cm³/mol. The zero-order valence-corrected chi connectivity index (χ0v) is 15.3. The van der Waals surface area contributed by atoms with Crippen LogP contribution in [0.1, 0.15) is 56.5 Å². The van der Waals surface area contributed by atoms with E-state index in [0.717, 1.165) is 18.4 Å². The van der Waals surface area contributed by atoms with Gasteiger partial charge in [-0.05, 0) is 45.7 Å².